The topological polar surface area (TPSA) is 54.5 Å². The van der Waals surface area contributed by atoms with Crippen LogP contribution < -0.4 is 0 Å². The molecule has 1 aliphatic heterocycles. The number of hydrogen-bond donors (Lipinski definition) is 0. The maximum absolute atomic E-state index is 12.7. The number of likely N-dealkylation sites (tertiary alicyclic amines) is 1. The summed E-state index contributed by atoms with van der Waals surface area (Å²) in [7, 11) is -3.00. The van der Waals surface area contributed by atoms with Crippen LogP contribution in [0, 0.1) is 11.8 Å². The van der Waals surface area contributed by atoms with E-state index in [-0.39, 0.29) is 22.8 Å². The van der Waals surface area contributed by atoms with Crippen molar-refractivity contribution in [1.82, 2.24) is 4.90 Å². The fourth-order valence-corrected chi connectivity index (χ4v) is 5.75. The number of benzene rings is 1. The summed E-state index contributed by atoms with van der Waals surface area (Å²) in [4.78, 5) is 14.6. The molecule has 3 rings (SSSR count). The van der Waals surface area contributed by atoms with Crippen molar-refractivity contribution < 1.29 is 13.2 Å². The average Bonchev–Trinajstić information content (AvgIpc) is 2.89. The summed E-state index contributed by atoms with van der Waals surface area (Å²) < 4.78 is 24.2. The van der Waals surface area contributed by atoms with Crippen LogP contribution in [0.2, 0.25) is 0 Å². The van der Waals surface area contributed by atoms with Gasteiger partial charge in [-0.25, -0.2) is 8.42 Å². The van der Waals surface area contributed by atoms with E-state index in [2.05, 4.69) is 32.0 Å². The largest absolute Gasteiger partial charge is 0.342 e. The highest BCUT2D eigenvalue weighted by Crippen LogP contribution is 2.37. The van der Waals surface area contributed by atoms with E-state index in [0.717, 1.165) is 24.8 Å². The predicted molar refractivity (Wildman–Crippen MR) is 110 cm³/mol. The molecule has 0 bridgehead atoms. The summed E-state index contributed by atoms with van der Waals surface area (Å²) in [5, 5.41) is -0.317. The van der Waals surface area contributed by atoms with Crippen LogP contribution in [0.4, 0.5) is 0 Å². The highest BCUT2D eigenvalue weighted by atomic mass is 32.2. The lowest BCUT2D eigenvalue weighted by molar-refractivity contribution is -0.131. The van der Waals surface area contributed by atoms with E-state index in [1.807, 2.05) is 4.90 Å². The molecule has 0 radical (unpaired) electrons. The van der Waals surface area contributed by atoms with Crippen molar-refractivity contribution in [1.29, 1.82) is 0 Å². The van der Waals surface area contributed by atoms with Gasteiger partial charge >= 0.3 is 0 Å². The Morgan fingerprint density at radius 3 is 2.48 bits per heavy atom. The zero-order valence-corrected chi connectivity index (χ0v) is 17.9. The molecular weight excluding hydrogens is 358 g/mol. The molecule has 27 heavy (non-hydrogen) atoms. The SMILES string of the molecule is CC1Cc2cc(CC(=O)N3CCC(CS(=O)(=O)C(C)C)CC3)ccc2C1C. The second-order valence-electron chi connectivity index (χ2n) is 8.88. The molecule has 0 aromatic heterocycles. The van der Waals surface area contributed by atoms with Crippen LogP contribution in [-0.2, 0) is 27.5 Å². The Bertz CT molecular complexity index is 792. The van der Waals surface area contributed by atoms with Crippen LogP contribution in [0.25, 0.3) is 0 Å². The molecule has 1 fully saturated rings. The van der Waals surface area contributed by atoms with Gasteiger partial charge in [0.1, 0.15) is 0 Å². The Balaban J connectivity index is 1.54. The number of hydrogen-bond acceptors (Lipinski definition) is 3. The third-order valence-electron chi connectivity index (χ3n) is 6.60. The molecule has 1 amide bonds. The summed E-state index contributed by atoms with van der Waals surface area (Å²) in [6.45, 7) is 9.41. The van der Waals surface area contributed by atoms with Crippen molar-refractivity contribution in [3.05, 3.63) is 34.9 Å². The molecule has 2 aliphatic rings. The number of amides is 1. The van der Waals surface area contributed by atoms with E-state index in [1.165, 1.54) is 11.1 Å². The second kappa shape index (κ2) is 7.94. The van der Waals surface area contributed by atoms with Crippen LogP contribution in [0.1, 0.15) is 63.1 Å². The van der Waals surface area contributed by atoms with Crippen LogP contribution in [-0.4, -0.2) is 43.3 Å². The quantitative estimate of drug-likeness (QED) is 0.771. The molecule has 0 saturated carbocycles. The van der Waals surface area contributed by atoms with Crippen LogP contribution >= 0.6 is 0 Å². The lowest BCUT2D eigenvalue weighted by atomic mass is 9.96. The molecule has 1 heterocycles. The first-order chi connectivity index (χ1) is 12.7. The van der Waals surface area contributed by atoms with Crippen molar-refractivity contribution in [2.24, 2.45) is 11.8 Å². The Morgan fingerprint density at radius 2 is 1.85 bits per heavy atom. The molecule has 2 atom stereocenters. The molecule has 2 unspecified atom stereocenters. The lowest BCUT2D eigenvalue weighted by Gasteiger charge is -2.32. The van der Waals surface area contributed by atoms with E-state index in [9.17, 15) is 13.2 Å². The monoisotopic (exact) mass is 391 g/mol. The third kappa shape index (κ3) is 4.56. The Hall–Kier alpha value is -1.36. The normalized spacial score (nSPS) is 23.7. The molecule has 1 saturated heterocycles. The maximum Gasteiger partial charge on any atom is 0.226 e. The first-order valence-electron chi connectivity index (χ1n) is 10.3. The van der Waals surface area contributed by atoms with Gasteiger partial charge in [0, 0.05) is 13.1 Å². The van der Waals surface area contributed by atoms with Crippen LogP contribution in [0.3, 0.4) is 0 Å². The number of nitrogens with zero attached hydrogens (tertiary/aromatic N) is 1. The number of rotatable bonds is 5. The summed E-state index contributed by atoms with van der Waals surface area (Å²) in [6, 6.07) is 6.53. The van der Waals surface area contributed by atoms with Crippen molar-refractivity contribution in [2.45, 2.75) is 64.5 Å². The fourth-order valence-electron chi connectivity index (χ4n) is 4.38. The van der Waals surface area contributed by atoms with E-state index >= 15 is 0 Å². The number of piperidine rings is 1. The number of carbonyl (C=O) groups is 1. The van der Waals surface area contributed by atoms with Crippen molar-refractivity contribution in [3.8, 4) is 0 Å². The van der Waals surface area contributed by atoms with Crippen LogP contribution in [0.15, 0.2) is 18.2 Å². The summed E-state index contributed by atoms with van der Waals surface area (Å²) >= 11 is 0. The minimum Gasteiger partial charge on any atom is -0.342 e. The van der Waals surface area contributed by atoms with E-state index in [1.54, 1.807) is 13.8 Å². The Morgan fingerprint density at radius 1 is 1.19 bits per heavy atom. The zero-order chi connectivity index (χ0) is 19.8. The third-order valence-corrected chi connectivity index (χ3v) is 8.97. The Kier molecular flexibility index (Phi) is 5.99. The van der Waals surface area contributed by atoms with Gasteiger partial charge in [0.2, 0.25) is 5.91 Å². The summed E-state index contributed by atoms with van der Waals surface area (Å²) in [6.07, 6.45) is 3.13. The Labute approximate surface area is 164 Å². The second-order valence-corrected chi connectivity index (χ2v) is 11.5. The summed E-state index contributed by atoms with van der Waals surface area (Å²) in [5.41, 5.74) is 3.94. The molecular formula is C22H33NO3S. The van der Waals surface area contributed by atoms with Gasteiger partial charge in [0.05, 0.1) is 17.4 Å². The van der Waals surface area contributed by atoms with Gasteiger partial charge in [0.25, 0.3) is 0 Å². The number of fused-ring (bicyclic) bond motifs is 1. The average molecular weight is 392 g/mol. The number of sulfone groups is 1. The van der Waals surface area contributed by atoms with E-state index < -0.39 is 9.84 Å². The summed E-state index contributed by atoms with van der Waals surface area (Å²) in [5.74, 6) is 1.88. The van der Waals surface area contributed by atoms with Crippen molar-refractivity contribution in [2.75, 3.05) is 18.8 Å². The highest BCUT2D eigenvalue weighted by Gasteiger charge is 2.29. The maximum atomic E-state index is 12.7. The van der Waals surface area contributed by atoms with Crippen LogP contribution in [0.5, 0.6) is 0 Å². The predicted octanol–water partition coefficient (Wildman–Crippen LogP) is 3.59. The lowest BCUT2D eigenvalue weighted by Crippen LogP contribution is -2.41. The molecule has 1 aromatic rings. The van der Waals surface area contributed by atoms with E-state index in [0.29, 0.717) is 31.3 Å². The smallest absolute Gasteiger partial charge is 0.226 e. The first-order valence-corrected chi connectivity index (χ1v) is 12.0. The molecule has 1 aromatic carbocycles. The van der Waals surface area contributed by atoms with Gasteiger partial charge in [-0.1, -0.05) is 32.0 Å². The van der Waals surface area contributed by atoms with Gasteiger partial charge in [-0.15, -0.1) is 0 Å². The number of carbonyl (C=O) groups excluding carboxylic acids is 1. The zero-order valence-electron chi connectivity index (χ0n) is 17.1. The standard InChI is InChI=1S/C22H33NO3S/c1-15(2)27(25,26)14-18-7-9-23(10-8-18)22(24)13-19-5-6-21-17(4)16(3)11-20(21)12-19/h5-6,12,15-18H,7-11,13-14H2,1-4H3. The van der Waals surface area contributed by atoms with Gasteiger partial charge < -0.3 is 4.90 Å². The van der Waals surface area contributed by atoms with Gasteiger partial charge in [-0.3, -0.25) is 4.79 Å². The minimum absolute atomic E-state index is 0.166. The van der Waals surface area contributed by atoms with Gasteiger partial charge in [0.15, 0.2) is 9.84 Å². The van der Waals surface area contributed by atoms with Gasteiger partial charge in [-0.05, 0) is 67.6 Å². The molecule has 1 aliphatic carbocycles. The molecule has 4 nitrogen and oxygen atoms in total. The van der Waals surface area contributed by atoms with Crippen molar-refractivity contribution in [3.63, 3.8) is 0 Å². The molecule has 150 valence electrons. The van der Waals surface area contributed by atoms with Crippen molar-refractivity contribution >= 4 is 15.7 Å². The minimum atomic E-state index is -3.00. The van der Waals surface area contributed by atoms with Gasteiger partial charge in [-0.2, -0.15) is 0 Å². The highest BCUT2D eigenvalue weighted by molar-refractivity contribution is 7.91. The first kappa shape index (κ1) is 20.4. The van der Waals surface area contributed by atoms with E-state index in [4.69, 9.17) is 0 Å². The molecule has 0 spiro atoms. The fraction of sp³-hybridized carbons (Fsp3) is 0.682. The molecule has 5 heteroatoms. The molecule has 0 N–H and O–H groups in total.